The van der Waals surface area contributed by atoms with Crippen molar-refractivity contribution in [2.24, 2.45) is 5.92 Å². The van der Waals surface area contributed by atoms with Crippen LogP contribution >= 0.6 is 0 Å². The van der Waals surface area contributed by atoms with E-state index >= 15 is 0 Å². The Balaban J connectivity index is 0.000000370. The first kappa shape index (κ1) is 22.6. The van der Waals surface area contributed by atoms with Gasteiger partial charge in [-0.25, -0.2) is 4.79 Å². The second-order valence-electron chi connectivity index (χ2n) is 7.02. The Kier molecular flexibility index (Phi) is 7.59. The molecule has 158 valence electrons. The summed E-state index contributed by atoms with van der Waals surface area (Å²) in [5.41, 5.74) is 1.57. The van der Waals surface area contributed by atoms with Crippen molar-refractivity contribution in [2.75, 3.05) is 39.8 Å². The highest BCUT2D eigenvalue weighted by Crippen LogP contribution is 2.24. The molecule has 1 aromatic rings. The highest BCUT2D eigenvalue weighted by Gasteiger charge is 2.38. The van der Waals surface area contributed by atoms with Crippen molar-refractivity contribution >= 4 is 11.9 Å². The molecule has 3 rings (SSSR count). The zero-order valence-electron chi connectivity index (χ0n) is 15.9. The fourth-order valence-corrected chi connectivity index (χ4v) is 3.24. The van der Waals surface area contributed by atoms with Gasteiger partial charge in [-0.1, -0.05) is 12.1 Å². The summed E-state index contributed by atoms with van der Waals surface area (Å²) in [6.45, 7) is 4.19. The average Bonchev–Trinajstić information content (AvgIpc) is 2.96. The molecule has 2 fully saturated rings. The van der Waals surface area contributed by atoms with Crippen molar-refractivity contribution in [3.8, 4) is 6.07 Å². The van der Waals surface area contributed by atoms with Crippen LogP contribution in [-0.2, 0) is 20.7 Å². The second-order valence-corrected chi connectivity index (χ2v) is 7.02. The number of amides is 1. The maximum absolute atomic E-state index is 12.5. The predicted octanol–water partition coefficient (Wildman–Crippen LogP) is 1.52. The number of nitrogens with zero attached hydrogens (tertiary/aromatic N) is 3. The lowest BCUT2D eigenvalue weighted by Gasteiger charge is -2.19. The lowest BCUT2D eigenvalue weighted by Crippen LogP contribution is -2.33. The third-order valence-corrected chi connectivity index (χ3v) is 4.77. The SMILES string of the molecule is CN1CCO[C@@H]2CN(C(=O)Cc3ccc(C#N)cc3)C[C@@H]2C1.O=C(O)C(F)(F)F. The van der Waals surface area contributed by atoms with Gasteiger partial charge in [0.1, 0.15) is 0 Å². The number of likely N-dealkylation sites (N-methyl/N-ethyl adjacent to an activating group) is 1. The third-order valence-electron chi connectivity index (χ3n) is 4.77. The Labute approximate surface area is 166 Å². The van der Waals surface area contributed by atoms with Crippen molar-refractivity contribution in [3.05, 3.63) is 35.4 Å². The van der Waals surface area contributed by atoms with E-state index in [0.29, 0.717) is 24.4 Å². The number of carbonyl (C=O) groups is 2. The average molecular weight is 413 g/mol. The summed E-state index contributed by atoms with van der Waals surface area (Å²) in [5.74, 6) is -2.20. The van der Waals surface area contributed by atoms with E-state index in [1.807, 2.05) is 17.0 Å². The third kappa shape index (κ3) is 6.73. The Hall–Kier alpha value is -2.64. The fraction of sp³-hybridized carbons (Fsp3) is 0.526. The number of aliphatic carboxylic acids is 1. The molecule has 10 heteroatoms. The lowest BCUT2D eigenvalue weighted by atomic mass is 10.1. The number of fused-ring (bicyclic) bond motifs is 1. The van der Waals surface area contributed by atoms with E-state index in [4.69, 9.17) is 19.9 Å². The van der Waals surface area contributed by atoms with E-state index < -0.39 is 12.1 Å². The first-order chi connectivity index (χ1) is 13.6. The number of halogens is 3. The van der Waals surface area contributed by atoms with Crippen molar-refractivity contribution < 1.29 is 32.6 Å². The van der Waals surface area contributed by atoms with Crippen molar-refractivity contribution in [3.63, 3.8) is 0 Å². The fourth-order valence-electron chi connectivity index (χ4n) is 3.24. The monoisotopic (exact) mass is 413 g/mol. The number of hydrogen-bond donors (Lipinski definition) is 1. The summed E-state index contributed by atoms with van der Waals surface area (Å²) in [5, 5.41) is 15.9. The van der Waals surface area contributed by atoms with Crippen molar-refractivity contribution in [2.45, 2.75) is 18.7 Å². The van der Waals surface area contributed by atoms with Crippen LogP contribution in [0, 0.1) is 17.2 Å². The van der Waals surface area contributed by atoms with Gasteiger partial charge in [-0.05, 0) is 24.7 Å². The summed E-state index contributed by atoms with van der Waals surface area (Å²) in [6, 6.07) is 9.32. The number of ether oxygens (including phenoxy) is 1. The predicted molar refractivity (Wildman–Crippen MR) is 95.9 cm³/mol. The molecule has 2 atom stereocenters. The van der Waals surface area contributed by atoms with Crippen LogP contribution in [0.2, 0.25) is 0 Å². The number of carboxylic acid groups (broad SMARTS) is 1. The van der Waals surface area contributed by atoms with E-state index in [1.165, 1.54) is 0 Å². The van der Waals surface area contributed by atoms with Crippen LogP contribution < -0.4 is 0 Å². The Bertz CT molecular complexity index is 761. The molecule has 2 aliphatic rings. The molecule has 0 spiro atoms. The van der Waals surface area contributed by atoms with Gasteiger partial charge in [-0.15, -0.1) is 0 Å². The standard InChI is InChI=1S/C17H21N3O2.C2HF3O2/c1-19-6-7-22-16-12-20(11-15(16)10-19)17(21)8-13-2-4-14(9-18)5-3-13;3-2(4,5)1(6)7/h2-5,15-16H,6-8,10-12H2,1H3;(H,6,7)/t15-,16+;/m0./s1. The minimum atomic E-state index is -5.08. The molecule has 2 heterocycles. The van der Waals surface area contributed by atoms with Crippen LogP contribution in [0.5, 0.6) is 0 Å². The topological polar surface area (TPSA) is 93.9 Å². The first-order valence-corrected chi connectivity index (χ1v) is 8.97. The van der Waals surface area contributed by atoms with Gasteiger partial charge in [0.25, 0.3) is 0 Å². The molecule has 0 unspecified atom stereocenters. The molecule has 0 radical (unpaired) electrons. The van der Waals surface area contributed by atoms with Crippen LogP contribution in [0.25, 0.3) is 0 Å². The van der Waals surface area contributed by atoms with Gasteiger partial charge >= 0.3 is 12.1 Å². The molecule has 2 aliphatic heterocycles. The summed E-state index contributed by atoms with van der Waals surface area (Å²) >= 11 is 0. The van der Waals surface area contributed by atoms with Gasteiger partial charge in [0.2, 0.25) is 5.91 Å². The largest absolute Gasteiger partial charge is 0.490 e. The maximum Gasteiger partial charge on any atom is 0.490 e. The molecule has 0 aromatic heterocycles. The van der Waals surface area contributed by atoms with Gasteiger partial charge in [-0.3, -0.25) is 4.79 Å². The molecular weight excluding hydrogens is 391 g/mol. The zero-order chi connectivity index (χ0) is 21.6. The number of rotatable bonds is 2. The summed E-state index contributed by atoms with van der Waals surface area (Å²) in [4.78, 5) is 25.6. The van der Waals surface area contributed by atoms with Gasteiger partial charge in [0.15, 0.2) is 0 Å². The van der Waals surface area contributed by atoms with E-state index in [1.54, 1.807) is 12.1 Å². The highest BCUT2D eigenvalue weighted by atomic mass is 19.4. The molecular formula is C19H22F3N3O4. The number of nitriles is 1. The van der Waals surface area contributed by atoms with Gasteiger partial charge < -0.3 is 19.6 Å². The molecule has 1 N–H and O–H groups in total. The molecule has 1 aromatic carbocycles. The van der Waals surface area contributed by atoms with E-state index in [-0.39, 0.29) is 12.0 Å². The van der Waals surface area contributed by atoms with Crippen molar-refractivity contribution in [1.29, 1.82) is 5.26 Å². The number of hydrogen-bond acceptors (Lipinski definition) is 5. The lowest BCUT2D eigenvalue weighted by molar-refractivity contribution is -0.192. The minimum Gasteiger partial charge on any atom is -0.475 e. The first-order valence-electron chi connectivity index (χ1n) is 8.97. The van der Waals surface area contributed by atoms with E-state index in [9.17, 15) is 18.0 Å². The maximum atomic E-state index is 12.5. The summed E-state index contributed by atoms with van der Waals surface area (Å²) in [7, 11) is 2.10. The van der Waals surface area contributed by atoms with Crippen LogP contribution in [0.3, 0.4) is 0 Å². The van der Waals surface area contributed by atoms with E-state index in [0.717, 1.165) is 31.8 Å². The zero-order valence-corrected chi connectivity index (χ0v) is 15.9. The second kappa shape index (κ2) is 9.71. The molecule has 0 bridgehead atoms. The smallest absolute Gasteiger partial charge is 0.475 e. The Morgan fingerprint density at radius 1 is 1.24 bits per heavy atom. The van der Waals surface area contributed by atoms with Crippen molar-refractivity contribution in [1.82, 2.24) is 9.80 Å². The van der Waals surface area contributed by atoms with Crippen LogP contribution in [-0.4, -0.2) is 78.9 Å². The molecule has 0 aliphatic carbocycles. The highest BCUT2D eigenvalue weighted by molar-refractivity contribution is 5.79. The van der Waals surface area contributed by atoms with Crippen LogP contribution in [0.15, 0.2) is 24.3 Å². The Morgan fingerprint density at radius 3 is 2.41 bits per heavy atom. The molecule has 2 saturated heterocycles. The van der Waals surface area contributed by atoms with Crippen LogP contribution in [0.1, 0.15) is 11.1 Å². The van der Waals surface area contributed by atoms with E-state index in [2.05, 4.69) is 18.0 Å². The number of likely N-dealkylation sites (tertiary alicyclic amines) is 1. The molecule has 7 nitrogen and oxygen atoms in total. The number of alkyl halides is 3. The molecule has 0 saturated carbocycles. The minimum absolute atomic E-state index is 0.143. The Morgan fingerprint density at radius 2 is 1.86 bits per heavy atom. The quantitative estimate of drug-likeness (QED) is 0.790. The number of carboxylic acids is 1. The van der Waals surface area contributed by atoms with Gasteiger partial charge in [-0.2, -0.15) is 18.4 Å². The number of carbonyl (C=O) groups excluding carboxylic acids is 1. The molecule has 1 amide bonds. The summed E-state index contributed by atoms with van der Waals surface area (Å²) < 4.78 is 37.6. The van der Waals surface area contributed by atoms with Crippen LogP contribution in [0.4, 0.5) is 13.2 Å². The summed E-state index contributed by atoms with van der Waals surface area (Å²) in [6.07, 6.45) is -4.52. The van der Waals surface area contributed by atoms with Gasteiger partial charge in [0.05, 0.1) is 30.8 Å². The molecule has 29 heavy (non-hydrogen) atoms. The normalized spacial score (nSPS) is 22.0. The number of benzene rings is 1. The van der Waals surface area contributed by atoms with Gasteiger partial charge in [0, 0.05) is 32.1 Å².